The Kier molecular flexibility index (Phi) is 7.21. The van der Waals surface area contributed by atoms with Gasteiger partial charge in [-0.25, -0.2) is 23.9 Å². The first-order valence-electron chi connectivity index (χ1n) is 8.39. The Bertz CT molecular complexity index is 967. The summed E-state index contributed by atoms with van der Waals surface area (Å²) in [6.07, 6.45) is -5.48. The number of hydrogen-bond acceptors (Lipinski definition) is 7. The third-order valence-electron chi connectivity index (χ3n) is 3.93. The van der Waals surface area contributed by atoms with Crippen LogP contribution in [0.3, 0.4) is 0 Å². The largest absolute Gasteiger partial charge is 0.466 e. The van der Waals surface area contributed by atoms with Crippen LogP contribution >= 0.6 is 11.6 Å². The molecule has 0 spiro atoms. The van der Waals surface area contributed by atoms with Gasteiger partial charge in [0.25, 0.3) is 0 Å². The quantitative estimate of drug-likeness (QED) is 0.286. The molecule has 1 aliphatic rings. The van der Waals surface area contributed by atoms with Gasteiger partial charge in [-0.15, -0.1) is 0 Å². The minimum absolute atomic E-state index is 0.162. The van der Waals surface area contributed by atoms with E-state index >= 15 is 0 Å². The number of nitrogens with zero attached hydrogens (tertiary/aromatic N) is 4. The van der Waals surface area contributed by atoms with E-state index in [9.17, 15) is 31.9 Å². The standard InChI is InChI=1S/C17H15ClF4N4O5/c1-8(15(28)30-3)31-23-7-11-9(18)6-10(19)14(24-11)26-13(27)5-4-12(17(20,21)22)25(2)16(26)29/h4,6-8H,5H2,1-3H3/b23-7+. The number of ether oxygens (including phenoxy) is 1. The van der Waals surface area contributed by atoms with Crippen LogP contribution in [0.25, 0.3) is 0 Å². The van der Waals surface area contributed by atoms with Gasteiger partial charge >= 0.3 is 18.2 Å². The van der Waals surface area contributed by atoms with Crippen molar-refractivity contribution in [2.45, 2.75) is 25.6 Å². The van der Waals surface area contributed by atoms with E-state index in [0.29, 0.717) is 12.1 Å². The van der Waals surface area contributed by atoms with E-state index in [0.717, 1.165) is 20.4 Å². The first kappa shape index (κ1) is 24.1. The molecule has 0 saturated heterocycles. The molecule has 1 aromatic rings. The average molecular weight is 467 g/mol. The smallest absolute Gasteiger partial charge is 0.431 e. The zero-order valence-corrected chi connectivity index (χ0v) is 17.0. The highest BCUT2D eigenvalue weighted by atomic mass is 35.5. The summed E-state index contributed by atoms with van der Waals surface area (Å²) in [6, 6.07) is -0.781. The lowest BCUT2D eigenvalue weighted by Gasteiger charge is -2.26. The summed E-state index contributed by atoms with van der Waals surface area (Å²) in [5.41, 5.74) is -1.67. The lowest BCUT2D eigenvalue weighted by molar-refractivity contribution is -0.152. The molecule has 14 heteroatoms. The Morgan fingerprint density at radius 3 is 2.61 bits per heavy atom. The van der Waals surface area contributed by atoms with Gasteiger partial charge in [0.05, 0.1) is 18.3 Å². The molecule has 1 unspecified atom stereocenters. The number of alkyl halides is 3. The van der Waals surface area contributed by atoms with E-state index in [-0.39, 0.29) is 20.5 Å². The van der Waals surface area contributed by atoms with E-state index in [4.69, 9.17) is 16.4 Å². The van der Waals surface area contributed by atoms with Crippen LogP contribution in [0.2, 0.25) is 5.02 Å². The summed E-state index contributed by atoms with van der Waals surface area (Å²) in [5.74, 6) is -4.02. The molecule has 0 aliphatic carbocycles. The molecule has 168 valence electrons. The van der Waals surface area contributed by atoms with Crippen LogP contribution in [0.4, 0.5) is 28.2 Å². The molecular formula is C17H15ClF4N4O5. The summed E-state index contributed by atoms with van der Waals surface area (Å²) in [4.78, 5) is 45.0. The van der Waals surface area contributed by atoms with Gasteiger partial charge in [-0.05, 0) is 19.1 Å². The zero-order chi connectivity index (χ0) is 23.5. The zero-order valence-electron chi connectivity index (χ0n) is 16.2. The van der Waals surface area contributed by atoms with Gasteiger partial charge in [0.1, 0.15) is 11.4 Å². The number of imide groups is 1. The van der Waals surface area contributed by atoms with Crippen molar-refractivity contribution in [2.75, 3.05) is 19.1 Å². The lowest BCUT2D eigenvalue weighted by atomic mass is 10.3. The number of rotatable bonds is 5. The highest BCUT2D eigenvalue weighted by Crippen LogP contribution is 2.32. The second-order valence-corrected chi connectivity index (χ2v) is 6.44. The second kappa shape index (κ2) is 9.29. The van der Waals surface area contributed by atoms with Gasteiger partial charge in [-0.3, -0.25) is 9.69 Å². The average Bonchev–Trinajstić information content (AvgIpc) is 2.79. The number of oxime groups is 1. The van der Waals surface area contributed by atoms with Crippen molar-refractivity contribution in [3.05, 3.63) is 34.4 Å². The Labute approximate surface area is 177 Å². The molecule has 0 N–H and O–H groups in total. The molecule has 2 rings (SSSR count). The van der Waals surface area contributed by atoms with Gasteiger partial charge < -0.3 is 9.57 Å². The fourth-order valence-corrected chi connectivity index (χ4v) is 2.57. The molecule has 9 nitrogen and oxygen atoms in total. The number of amides is 3. The topological polar surface area (TPSA) is 101 Å². The highest BCUT2D eigenvalue weighted by molar-refractivity contribution is 6.33. The predicted molar refractivity (Wildman–Crippen MR) is 98.8 cm³/mol. The van der Waals surface area contributed by atoms with Gasteiger partial charge in [0.15, 0.2) is 11.6 Å². The molecule has 31 heavy (non-hydrogen) atoms. The van der Waals surface area contributed by atoms with Gasteiger partial charge in [0.2, 0.25) is 12.0 Å². The number of aromatic nitrogens is 1. The van der Waals surface area contributed by atoms with Crippen molar-refractivity contribution in [2.24, 2.45) is 5.16 Å². The summed E-state index contributed by atoms with van der Waals surface area (Å²) in [5, 5.41) is 3.14. The van der Waals surface area contributed by atoms with Crippen molar-refractivity contribution < 1.29 is 41.5 Å². The number of carbonyl (C=O) groups is 3. The van der Waals surface area contributed by atoms with Crippen LogP contribution in [0.1, 0.15) is 19.0 Å². The first-order chi connectivity index (χ1) is 14.4. The highest BCUT2D eigenvalue weighted by Gasteiger charge is 2.43. The molecule has 2 heterocycles. The summed E-state index contributed by atoms with van der Waals surface area (Å²) in [7, 11) is 1.91. The van der Waals surface area contributed by atoms with Crippen molar-refractivity contribution in [1.29, 1.82) is 0 Å². The Morgan fingerprint density at radius 2 is 2.03 bits per heavy atom. The third-order valence-corrected chi connectivity index (χ3v) is 4.23. The number of anilines is 1. The normalized spacial score (nSPS) is 16.3. The Morgan fingerprint density at radius 1 is 1.39 bits per heavy atom. The molecule has 0 fully saturated rings. The van der Waals surface area contributed by atoms with E-state index in [1.165, 1.54) is 6.92 Å². The number of carbonyl (C=O) groups excluding carboxylic acids is 3. The number of urea groups is 1. The first-order valence-corrected chi connectivity index (χ1v) is 8.77. The SMILES string of the molecule is COC(=O)C(C)O/N=C/c1nc(N2C(=O)CC=C(C(F)(F)F)N(C)C2=O)c(F)cc1Cl. The maximum Gasteiger partial charge on any atom is 0.431 e. The third kappa shape index (κ3) is 5.29. The molecular weight excluding hydrogens is 452 g/mol. The number of methoxy groups -OCH3 is 1. The van der Waals surface area contributed by atoms with Crippen molar-refractivity contribution in [1.82, 2.24) is 9.88 Å². The van der Waals surface area contributed by atoms with E-state index in [1.807, 2.05) is 0 Å². The Hall–Kier alpha value is -3.22. The van der Waals surface area contributed by atoms with Crippen LogP contribution < -0.4 is 4.90 Å². The maximum atomic E-state index is 14.5. The summed E-state index contributed by atoms with van der Waals surface area (Å²) in [6.45, 7) is 1.32. The van der Waals surface area contributed by atoms with Crippen LogP contribution in [0.15, 0.2) is 23.0 Å². The molecule has 1 aliphatic heterocycles. The minimum Gasteiger partial charge on any atom is -0.466 e. The van der Waals surface area contributed by atoms with Gasteiger partial charge in [-0.1, -0.05) is 16.8 Å². The number of allylic oxidation sites excluding steroid dienone is 1. The van der Waals surface area contributed by atoms with E-state index in [2.05, 4.69) is 14.9 Å². The van der Waals surface area contributed by atoms with Crippen molar-refractivity contribution in [3.63, 3.8) is 0 Å². The number of pyridine rings is 1. The molecule has 0 aromatic carbocycles. The number of esters is 1. The predicted octanol–water partition coefficient (Wildman–Crippen LogP) is 3.02. The van der Waals surface area contributed by atoms with Gasteiger partial charge in [0, 0.05) is 13.5 Å². The van der Waals surface area contributed by atoms with Crippen LogP contribution in [0, 0.1) is 5.82 Å². The van der Waals surface area contributed by atoms with Crippen LogP contribution in [0.5, 0.6) is 0 Å². The Balaban J connectivity index is 2.40. The molecule has 0 saturated carbocycles. The van der Waals surface area contributed by atoms with Crippen LogP contribution in [-0.4, -0.2) is 60.4 Å². The van der Waals surface area contributed by atoms with Crippen molar-refractivity contribution in [3.8, 4) is 0 Å². The molecule has 3 amide bonds. The monoisotopic (exact) mass is 466 g/mol. The van der Waals surface area contributed by atoms with Crippen molar-refractivity contribution >= 4 is 41.5 Å². The lowest BCUT2D eigenvalue weighted by Crippen LogP contribution is -2.45. The minimum atomic E-state index is -4.92. The molecule has 0 radical (unpaired) electrons. The number of halogens is 5. The fraction of sp³-hybridized carbons (Fsp3) is 0.353. The second-order valence-electron chi connectivity index (χ2n) is 6.03. The molecule has 1 aromatic heterocycles. The van der Waals surface area contributed by atoms with Crippen LogP contribution in [-0.2, 0) is 19.2 Å². The van der Waals surface area contributed by atoms with E-state index in [1.54, 1.807) is 0 Å². The van der Waals surface area contributed by atoms with E-state index < -0.39 is 53.9 Å². The molecule has 1 atom stereocenters. The summed E-state index contributed by atoms with van der Waals surface area (Å²) < 4.78 is 58.3. The number of hydrogen-bond donors (Lipinski definition) is 0. The molecule has 0 bridgehead atoms. The van der Waals surface area contributed by atoms with Gasteiger partial charge in [-0.2, -0.15) is 13.2 Å². The summed E-state index contributed by atoms with van der Waals surface area (Å²) >= 11 is 5.86. The maximum absolute atomic E-state index is 14.5. The fourth-order valence-electron chi connectivity index (χ4n) is 2.39.